The summed E-state index contributed by atoms with van der Waals surface area (Å²) in [5.41, 5.74) is 0.734. The molecule has 1 amide bonds. The Labute approximate surface area is 105 Å². The van der Waals surface area contributed by atoms with Gasteiger partial charge in [0.1, 0.15) is 5.75 Å². The zero-order chi connectivity index (χ0) is 13.0. The van der Waals surface area contributed by atoms with Gasteiger partial charge in [0.15, 0.2) is 0 Å². The number of rotatable bonds is 6. The third-order valence-electron chi connectivity index (χ3n) is 2.65. The summed E-state index contributed by atoms with van der Waals surface area (Å²) in [5.74, 6) is -0.0463. The molecule has 1 aromatic carbocycles. The second kappa shape index (κ2) is 5.53. The van der Waals surface area contributed by atoms with Crippen LogP contribution in [0.3, 0.4) is 0 Å². The summed E-state index contributed by atoms with van der Waals surface area (Å²) in [6.45, 7) is 0.142. The molecule has 5 nitrogen and oxygen atoms in total. The van der Waals surface area contributed by atoms with Gasteiger partial charge in [-0.15, -0.1) is 0 Å². The number of hydrogen-bond donors (Lipinski definition) is 2. The average molecular weight is 249 g/mol. The van der Waals surface area contributed by atoms with Crippen molar-refractivity contribution in [1.82, 2.24) is 0 Å². The minimum absolute atomic E-state index is 0.0276. The van der Waals surface area contributed by atoms with Crippen molar-refractivity contribution in [2.75, 3.05) is 11.9 Å². The van der Waals surface area contributed by atoms with Crippen molar-refractivity contribution in [2.45, 2.75) is 19.3 Å². The van der Waals surface area contributed by atoms with Gasteiger partial charge >= 0.3 is 5.97 Å². The lowest BCUT2D eigenvalue weighted by Crippen LogP contribution is -2.13. The molecule has 0 aromatic heterocycles. The van der Waals surface area contributed by atoms with Crippen molar-refractivity contribution >= 4 is 17.6 Å². The smallest absolute Gasteiger partial charge is 0.306 e. The fourth-order valence-corrected chi connectivity index (χ4v) is 1.48. The molecule has 1 aliphatic rings. The average Bonchev–Trinajstić information content (AvgIpc) is 3.15. The maximum atomic E-state index is 11.5. The second-order valence-corrected chi connectivity index (χ2v) is 4.28. The SMILES string of the molecule is O=C(O)CCOc1ccc(NC(=O)C2CC2)cc1. The highest BCUT2D eigenvalue weighted by Crippen LogP contribution is 2.30. The fraction of sp³-hybridized carbons (Fsp3) is 0.385. The van der Waals surface area contributed by atoms with E-state index < -0.39 is 5.97 Å². The number of ether oxygens (including phenoxy) is 1. The van der Waals surface area contributed by atoms with E-state index in [4.69, 9.17) is 9.84 Å². The largest absolute Gasteiger partial charge is 0.493 e. The van der Waals surface area contributed by atoms with Gasteiger partial charge in [-0.1, -0.05) is 0 Å². The molecule has 1 aliphatic carbocycles. The van der Waals surface area contributed by atoms with E-state index in [9.17, 15) is 9.59 Å². The van der Waals surface area contributed by atoms with Gasteiger partial charge in [0.2, 0.25) is 5.91 Å². The summed E-state index contributed by atoms with van der Waals surface area (Å²) in [7, 11) is 0. The van der Waals surface area contributed by atoms with E-state index in [1.807, 2.05) is 0 Å². The van der Waals surface area contributed by atoms with Crippen LogP contribution in [0, 0.1) is 5.92 Å². The Morgan fingerprint density at radius 1 is 1.28 bits per heavy atom. The molecule has 0 bridgehead atoms. The van der Waals surface area contributed by atoms with Gasteiger partial charge in [-0.05, 0) is 37.1 Å². The maximum Gasteiger partial charge on any atom is 0.306 e. The lowest BCUT2D eigenvalue weighted by atomic mass is 10.3. The standard InChI is InChI=1S/C13H15NO4/c15-12(16)7-8-18-11-5-3-10(4-6-11)14-13(17)9-1-2-9/h3-6,9H,1-2,7-8H2,(H,14,17)(H,15,16). The van der Waals surface area contributed by atoms with E-state index in [0.29, 0.717) is 5.75 Å². The molecule has 0 saturated heterocycles. The summed E-state index contributed by atoms with van der Waals surface area (Å²) in [4.78, 5) is 21.8. The van der Waals surface area contributed by atoms with Gasteiger partial charge in [0.25, 0.3) is 0 Å². The number of benzene rings is 1. The molecule has 96 valence electrons. The quantitative estimate of drug-likeness (QED) is 0.807. The first-order valence-electron chi connectivity index (χ1n) is 5.90. The molecule has 5 heteroatoms. The Balaban J connectivity index is 1.81. The van der Waals surface area contributed by atoms with Crippen LogP contribution in [0.1, 0.15) is 19.3 Å². The van der Waals surface area contributed by atoms with Gasteiger partial charge in [-0.3, -0.25) is 9.59 Å². The van der Waals surface area contributed by atoms with Crippen LogP contribution in [0.15, 0.2) is 24.3 Å². The number of aliphatic carboxylic acids is 1. The molecular weight excluding hydrogens is 234 g/mol. The van der Waals surface area contributed by atoms with Gasteiger partial charge in [0, 0.05) is 11.6 Å². The predicted molar refractivity (Wildman–Crippen MR) is 65.5 cm³/mol. The van der Waals surface area contributed by atoms with Crippen molar-refractivity contribution < 1.29 is 19.4 Å². The molecule has 0 spiro atoms. The molecule has 1 saturated carbocycles. The number of amides is 1. The number of hydrogen-bond acceptors (Lipinski definition) is 3. The number of carbonyl (C=O) groups is 2. The fourth-order valence-electron chi connectivity index (χ4n) is 1.48. The molecular formula is C13H15NO4. The number of anilines is 1. The van der Waals surface area contributed by atoms with Crippen LogP contribution in [-0.4, -0.2) is 23.6 Å². The van der Waals surface area contributed by atoms with E-state index in [1.54, 1.807) is 24.3 Å². The molecule has 0 atom stereocenters. The topological polar surface area (TPSA) is 75.6 Å². The Morgan fingerprint density at radius 2 is 1.94 bits per heavy atom. The van der Waals surface area contributed by atoms with Crippen LogP contribution in [0.5, 0.6) is 5.75 Å². The second-order valence-electron chi connectivity index (χ2n) is 4.28. The number of carboxylic acids is 1. The van der Waals surface area contributed by atoms with E-state index in [-0.39, 0.29) is 24.9 Å². The van der Waals surface area contributed by atoms with Gasteiger partial charge in [0.05, 0.1) is 13.0 Å². The normalized spacial score (nSPS) is 14.0. The molecule has 0 unspecified atom stereocenters. The van der Waals surface area contributed by atoms with Crippen LogP contribution in [0.25, 0.3) is 0 Å². The monoisotopic (exact) mass is 249 g/mol. The van der Waals surface area contributed by atoms with E-state index in [2.05, 4.69) is 5.32 Å². The van der Waals surface area contributed by atoms with Crippen LogP contribution in [0.4, 0.5) is 5.69 Å². The molecule has 2 rings (SSSR count). The third-order valence-corrected chi connectivity index (χ3v) is 2.65. The first kappa shape index (κ1) is 12.4. The number of carboxylic acid groups (broad SMARTS) is 1. The summed E-state index contributed by atoms with van der Waals surface area (Å²) >= 11 is 0. The zero-order valence-electron chi connectivity index (χ0n) is 9.89. The van der Waals surface area contributed by atoms with Crippen molar-refractivity contribution in [3.05, 3.63) is 24.3 Å². The highest BCUT2D eigenvalue weighted by Gasteiger charge is 2.29. The van der Waals surface area contributed by atoms with E-state index in [0.717, 1.165) is 18.5 Å². The van der Waals surface area contributed by atoms with Crippen LogP contribution in [0.2, 0.25) is 0 Å². The molecule has 0 aliphatic heterocycles. The highest BCUT2D eigenvalue weighted by molar-refractivity contribution is 5.94. The third kappa shape index (κ3) is 3.76. The predicted octanol–water partition coefficient (Wildman–Crippen LogP) is 1.89. The molecule has 0 radical (unpaired) electrons. The number of carbonyl (C=O) groups excluding carboxylic acids is 1. The van der Waals surface area contributed by atoms with Crippen molar-refractivity contribution in [1.29, 1.82) is 0 Å². The molecule has 1 fully saturated rings. The molecule has 18 heavy (non-hydrogen) atoms. The zero-order valence-corrected chi connectivity index (χ0v) is 9.89. The minimum atomic E-state index is -0.886. The van der Waals surface area contributed by atoms with Crippen molar-refractivity contribution in [3.63, 3.8) is 0 Å². The highest BCUT2D eigenvalue weighted by atomic mass is 16.5. The van der Waals surface area contributed by atoms with E-state index in [1.165, 1.54) is 0 Å². The number of nitrogens with one attached hydrogen (secondary N) is 1. The minimum Gasteiger partial charge on any atom is -0.493 e. The van der Waals surface area contributed by atoms with Gasteiger partial charge < -0.3 is 15.2 Å². The van der Waals surface area contributed by atoms with Gasteiger partial charge in [-0.2, -0.15) is 0 Å². The Morgan fingerprint density at radius 3 is 2.50 bits per heavy atom. The lowest BCUT2D eigenvalue weighted by molar-refractivity contribution is -0.137. The van der Waals surface area contributed by atoms with Crippen LogP contribution >= 0.6 is 0 Å². The Hall–Kier alpha value is -2.04. The summed E-state index contributed by atoms with van der Waals surface area (Å²) in [6, 6.07) is 6.92. The molecule has 1 aromatic rings. The Bertz CT molecular complexity index is 437. The maximum absolute atomic E-state index is 11.5. The van der Waals surface area contributed by atoms with Gasteiger partial charge in [-0.25, -0.2) is 0 Å². The first-order valence-corrected chi connectivity index (χ1v) is 5.90. The molecule has 0 heterocycles. The summed E-state index contributed by atoms with van der Waals surface area (Å²) in [5, 5.41) is 11.3. The molecule has 2 N–H and O–H groups in total. The van der Waals surface area contributed by atoms with Crippen LogP contribution in [-0.2, 0) is 9.59 Å². The van der Waals surface area contributed by atoms with Crippen molar-refractivity contribution in [2.24, 2.45) is 5.92 Å². The van der Waals surface area contributed by atoms with Crippen LogP contribution < -0.4 is 10.1 Å². The summed E-state index contributed by atoms with van der Waals surface area (Å²) in [6.07, 6.45) is 1.92. The Kier molecular flexibility index (Phi) is 3.82. The van der Waals surface area contributed by atoms with Crippen molar-refractivity contribution in [3.8, 4) is 5.75 Å². The first-order chi connectivity index (χ1) is 8.65. The summed E-state index contributed by atoms with van der Waals surface area (Å²) < 4.78 is 5.24. The van der Waals surface area contributed by atoms with E-state index >= 15 is 0 Å². The lowest BCUT2D eigenvalue weighted by Gasteiger charge is -2.07.